The number of rotatable bonds is 1. The number of hydrogen-bond donors (Lipinski definition) is 1. The van der Waals surface area contributed by atoms with Gasteiger partial charge in [0.05, 0.1) is 5.60 Å². The Bertz CT molecular complexity index is 358. The van der Waals surface area contributed by atoms with Gasteiger partial charge in [-0.05, 0) is 18.9 Å². The van der Waals surface area contributed by atoms with Crippen LogP contribution in [0.3, 0.4) is 0 Å². The van der Waals surface area contributed by atoms with Gasteiger partial charge in [0.2, 0.25) is 0 Å². The molecule has 13 heavy (non-hydrogen) atoms. The summed E-state index contributed by atoms with van der Waals surface area (Å²) in [7, 11) is 0. The van der Waals surface area contributed by atoms with Crippen LogP contribution in [0.1, 0.15) is 18.4 Å². The van der Waals surface area contributed by atoms with Gasteiger partial charge in [-0.25, -0.2) is 13.2 Å². The first-order chi connectivity index (χ1) is 6.04. The van der Waals surface area contributed by atoms with E-state index in [1.165, 1.54) is 0 Å². The van der Waals surface area contributed by atoms with Crippen molar-refractivity contribution < 1.29 is 18.3 Å². The zero-order valence-corrected chi connectivity index (χ0v) is 6.65. The normalized spacial score (nSPS) is 18.8. The third kappa shape index (κ3) is 1.21. The maximum absolute atomic E-state index is 13.0. The van der Waals surface area contributed by atoms with Gasteiger partial charge in [-0.3, -0.25) is 0 Å². The van der Waals surface area contributed by atoms with E-state index in [9.17, 15) is 18.3 Å². The van der Waals surface area contributed by atoms with Crippen LogP contribution in [0.4, 0.5) is 13.2 Å². The predicted octanol–water partition coefficient (Wildman–Crippen LogP) is 2.09. The lowest BCUT2D eigenvalue weighted by Crippen LogP contribution is -2.09. The van der Waals surface area contributed by atoms with Crippen molar-refractivity contribution in [2.45, 2.75) is 18.4 Å². The third-order valence-corrected chi connectivity index (χ3v) is 2.26. The highest BCUT2D eigenvalue weighted by Gasteiger charge is 2.44. The predicted molar refractivity (Wildman–Crippen MR) is 39.4 cm³/mol. The molecule has 1 fully saturated rings. The van der Waals surface area contributed by atoms with E-state index < -0.39 is 23.1 Å². The minimum Gasteiger partial charge on any atom is -0.385 e. The Labute approximate surface area is 72.8 Å². The largest absolute Gasteiger partial charge is 0.385 e. The summed E-state index contributed by atoms with van der Waals surface area (Å²) in [5, 5.41) is 9.47. The van der Waals surface area contributed by atoms with E-state index in [2.05, 4.69) is 0 Å². The molecule has 0 atom stereocenters. The van der Waals surface area contributed by atoms with E-state index >= 15 is 0 Å². The van der Waals surface area contributed by atoms with Crippen LogP contribution in [0.5, 0.6) is 0 Å². The second-order valence-corrected chi connectivity index (χ2v) is 3.25. The van der Waals surface area contributed by atoms with Crippen molar-refractivity contribution in [3.8, 4) is 0 Å². The first-order valence-electron chi connectivity index (χ1n) is 3.91. The van der Waals surface area contributed by atoms with Gasteiger partial charge in [0, 0.05) is 5.56 Å². The van der Waals surface area contributed by atoms with Crippen molar-refractivity contribution in [3.05, 3.63) is 35.1 Å². The van der Waals surface area contributed by atoms with Crippen molar-refractivity contribution in [2.24, 2.45) is 0 Å². The van der Waals surface area contributed by atoms with Crippen LogP contribution < -0.4 is 0 Å². The van der Waals surface area contributed by atoms with Gasteiger partial charge in [0.15, 0.2) is 17.5 Å². The van der Waals surface area contributed by atoms with E-state index in [1.807, 2.05) is 0 Å². The quantitative estimate of drug-likeness (QED) is 0.669. The monoisotopic (exact) mass is 188 g/mol. The van der Waals surface area contributed by atoms with Gasteiger partial charge < -0.3 is 5.11 Å². The molecule has 0 aliphatic heterocycles. The fourth-order valence-electron chi connectivity index (χ4n) is 1.27. The molecule has 1 saturated carbocycles. The van der Waals surface area contributed by atoms with E-state index in [-0.39, 0.29) is 5.56 Å². The fourth-order valence-corrected chi connectivity index (χ4v) is 1.27. The van der Waals surface area contributed by atoms with Gasteiger partial charge in [0.1, 0.15) is 0 Å². The van der Waals surface area contributed by atoms with Crippen LogP contribution in [0.2, 0.25) is 0 Å². The minimum atomic E-state index is -1.52. The second-order valence-electron chi connectivity index (χ2n) is 3.25. The highest BCUT2D eigenvalue weighted by Crippen LogP contribution is 2.46. The first kappa shape index (κ1) is 8.56. The Balaban J connectivity index is 2.54. The molecular formula is C9H7F3O. The number of halogens is 3. The first-order valence-corrected chi connectivity index (χ1v) is 3.91. The SMILES string of the molecule is OC1(c2ccc(F)c(F)c2F)CC1. The smallest absolute Gasteiger partial charge is 0.194 e. The molecule has 0 bridgehead atoms. The number of benzene rings is 1. The van der Waals surface area contributed by atoms with Crippen LogP contribution in [-0.4, -0.2) is 5.11 Å². The second kappa shape index (κ2) is 2.48. The molecule has 0 amide bonds. The summed E-state index contributed by atoms with van der Waals surface area (Å²) < 4.78 is 38.2. The Morgan fingerprint density at radius 3 is 2.23 bits per heavy atom. The molecule has 1 N–H and O–H groups in total. The highest BCUT2D eigenvalue weighted by atomic mass is 19.2. The number of aliphatic hydroxyl groups is 1. The Hall–Kier alpha value is -1.03. The number of hydrogen-bond acceptors (Lipinski definition) is 1. The summed E-state index contributed by atoms with van der Waals surface area (Å²) in [5.41, 5.74) is -1.41. The van der Waals surface area contributed by atoms with Crippen molar-refractivity contribution in [3.63, 3.8) is 0 Å². The van der Waals surface area contributed by atoms with E-state index in [4.69, 9.17) is 0 Å². The van der Waals surface area contributed by atoms with Gasteiger partial charge in [-0.15, -0.1) is 0 Å². The third-order valence-electron chi connectivity index (χ3n) is 2.26. The van der Waals surface area contributed by atoms with E-state index in [0.717, 1.165) is 12.1 Å². The molecule has 0 unspecified atom stereocenters. The van der Waals surface area contributed by atoms with Gasteiger partial charge in [0.25, 0.3) is 0 Å². The van der Waals surface area contributed by atoms with E-state index in [1.54, 1.807) is 0 Å². The van der Waals surface area contributed by atoms with Crippen molar-refractivity contribution in [1.29, 1.82) is 0 Å². The lowest BCUT2D eigenvalue weighted by molar-refractivity contribution is 0.145. The lowest BCUT2D eigenvalue weighted by atomic mass is 10.1. The van der Waals surface area contributed by atoms with Gasteiger partial charge in [-0.2, -0.15) is 0 Å². The van der Waals surface area contributed by atoms with Gasteiger partial charge >= 0.3 is 0 Å². The molecule has 70 valence electrons. The summed E-state index contributed by atoms with van der Waals surface area (Å²) in [6, 6.07) is 1.91. The fraction of sp³-hybridized carbons (Fsp3) is 0.333. The average Bonchev–Trinajstić information content (AvgIpc) is 2.80. The summed E-state index contributed by atoms with van der Waals surface area (Å²) >= 11 is 0. The van der Waals surface area contributed by atoms with Crippen molar-refractivity contribution in [1.82, 2.24) is 0 Å². The molecule has 0 saturated heterocycles. The maximum Gasteiger partial charge on any atom is 0.194 e. The molecule has 2 rings (SSSR count). The summed E-state index contributed by atoms with van der Waals surface area (Å²) in [4.78, 5) is 0. The van der Waals surface area contributed by atoms with Crippen molar-refractivity contribution >= 4 is 0 Å². The molecule has 1 aromatic rings. The lowest BCUT2D eigenvalue weighted by Gasteiger charge is -2.09. The molecule has 4 heteroatoms. The summed E-state index contributed by atoms with van der Waals surface area (Å²) in [6.45, 7) is 0. The molecule has 0 spiro atoms. The summed E-state index contributed by atoms with van der Waals surface area (Å²) in [5.74, 6) is -4.02. The minimum absolute atomic E-state index is 0.147. The molecular weight excluding hydrogens is 181 g/mol. The van der Waals surface area contributed by atoms with Crippen molar-refractivity contribution in [2.75, 3.05) is 0 Å². The van der Waals surface area contributed by atoms with Crippen LogP contribution in [-0.2, 0) is 5.60 Å². The van der Waals surface area contributed by atoms with Crippen LogP contribution >= 0.6 is 0 Å². The molecule has 1 nitrogen and oxygen atoms in total. The molecule has 1 aliphatic carbocycles. The zero-order valence-electron chi connectivity index (χ0n) is 6.65. The zero-order chi connectivity index (χ0) is 9.64. The average molecular weight is 188 g/mol. The van der Waals surface area contributed by atoms with Gasteiger partial charge in [-0.1, -0.05) is 6.07 Å². The van der Waals surface area contributed by atoms with E-state index in [0.29, 0.717) is 12.8 Å². The molecule has 0 radical (unpaired) electrons. The van der Waals surface area contributed by atoms with Crippen LogP contribution in [0.25, 0.3) is 0 Å². The highest BCUT2D eigenvalue weighted by molar-refractivity contribution is 5.30. The maximum atomic E-state index is 13.0. The topological polar surface area (TPSA) is 20.2 Å². The molecule has 0 aromatic heterocycles. The summed E-state index contributed by atoms with van der Waals surface area (Å²) in [6.07, 6.45) is 0.796. The Morgan fingerprint density at radius 1 is 1.08 bits per heavy atom. The van der Waals surface area contributed by atoms with Crippen LogP contribution in [0, 0.1) is 17.5 Å². The Kier molecular flexibility index (Phi) is 1.63. The standard InChI is InChI=1S/C9H7F3O/c10-6-2-1-5(7(11)8(6)12)9(13)3-4-9/h1-2,13H,3-4H2. The molecule has 1 aliphatic rings. The molecule has 1 aromatic carbocycles. The van der Waals surface area contributed by atoms with Crippen LogP contribution in [0.15, 0.2) is 12.1 Å². The Morgan fingerprint density at radius 2 is 1.69 bits per heavy atom. The molecule has 0 heterocycles.